The van der Waals surface area contributed by atoms with Gasteiger partial charge in [-0.05, 0) is 55.2 Å². The summed E-state index contributed by atoms with van der Waals surface area (Å²) in [5.41, 5.74) is 2.94. The van der Waals surface area contributed by atoms with E-state index in [0.29, 0.717) is 5.92 Å². The minimum absolute atomic E-state index is 0.0221. The molecular formula is C18H26N2O. The summed E-state index contributed by atoms with van der Waals surface area (Å²) in [6, 6.07) is 9.10. The first-order valence-electron chi connectivity index (χ1n) is 8.19. The van der Waals surface area contributed by atoms with Gasteiger partial charge < -0.3 is 10.2 Å². The molecule has 0 radical (unpaired) electrons. The highest BCUT2D eigenvalue weighted by molar-refractivity contribution is 5.81. The maximum Gasteiger partial charge on any atom is 0.239 e. The lowest BCUT2D eigenvalue weighted by Gasteiger charge is -2.32. The minimum Gasteiger partial charge on any atom is -0.347 e. The largest absolute Gasteiger partial charge is 0.347 e. The molecule has 1 aliphatic heterocycles. The Morgan fingerprint density at radius 3 is 2.48 bits per heavy atom. The van der Waals surface area contributed by atoms with Crippen LogP contribution in [0.15, 0.2) is 24.3 Å². The van der Waals surface area contributed by atoms with Gasteiger partial charge in [-0.25, -0.2) is 0 Å². The fraction of sp³-hybridized carbons (Fsp3) is 0.611. The Kier molecular flexibility index (Phi) is 4.29. The molecule has 1 saturated heterocycles. The van der Waals surface area contributed by atoms with E-state index in [1.165, 1.54) is 30.4 Å². The molecule has 0 aromatic heterocycles. The second-order valence-corrected chi connectivity index (χ2v) is 6.76. The van der Waals surface area contributed by atoms with Gasteiger partial charge in [0.05, 0.1) is 6.04 Å². The van der Waals surface area contributed by atoms with Crippen LogP contribution >= 0.6 is 0 Å². The molecule has 2 unspecified atom stereocenters. The Hall–Kier alpha value is -1.35. The van der Waals surface area contributed by atoms with Gasteiger partial charge in [-0.3, -0.25) is 4.79 Å². The topological polar surface area (TPSA) is 32.3 Å². The van der Waals surface area contributed by atoms with Crippen molar-refractivity contribution in [3.05, 3.63) is 35.4 Å². The zero-order valence-corrected chi connectivity index (χ0v) is 13.1. The van der Waals surface area contributed by atoms with E-state index < -0.39 is 0 Å². The van der Waals surface area contributed by atoms with Gasteiger partial charge in [0.25, 0.3) is 0 Å². The third-order valence-corrected chi connectivity index (χ3v) is 5.10. The van der Waals surface area contributed by atoms with Crippen LogP contribution in [0.5, 0.6) is 0 Å². The van der Waals surface area contributed by atoms with E-state index in [0.717, 1.165) is 25.3 Å². The molecular weight excluding hydrogens is 260 g/mol. The molecule has 1 aromatic carbocycles. The summed E-state index contributed by atoms with van der Waals surface area (Å²) in [7, 11) is 3.68. The minimum atomic E-state index is -0.0221. The molecule has 21 heavy (non-hydrogen) atoms. The van der Waals surface area contributed by atoms with Crippen LogP contribution in [-0.2, 0) is 4.79 Å². The molecule has 0 bridgehead atoms. The first kappa shape index (κ1) is 14.6. The summed E-state index contributed by atoms with van der Waals surface area (Å²) < 4.78 is 0. The first-order valence-corrected chi connectivity index (χ1v) is 8.19. The zero-order chi connectivity index (χ0) is 14.8. The predicted molar refractivity (Wildman–Crippen MR) is 85.5 cm³/mol. The molecule has 0 spiro atoms. The van der Waals surface area contributed by atoms with Crippen molar-refractivity contribution in [2.24, 2.45) is 0 Å². The van der Waals surface area contributed by atoms with Crippen molar-refractivity contribution in [1.82, 2.24) is 10.2 Å². The Morgan fingerprint density at radius 2 is 1.86 bits per heavy atom. The zero-order valence-electron chi connectivity index (χ0n) is 13.1. The Morgan fingerprint density at radius 1 is 1.14 bits per heavy atom. The second-order valence-electron chi connectivity index (χ2n) is 6.76. The van der Waals surface area contributed by atoms with Crippen LogP contribution in [-0.4, -0.2) is 37.5 Å². The van der Waals surface area contributed by atoms with Gasteiger partial charge in [0, 0.05) is 14.1 Å². The van der Waals surface area contributed by atoms with E-state index >= 15 is 0 Å². The van der Waals surface area contributed by atoms with Crippen molar-refractivity contribution in [3.63, 3.8) is 0 Å². The number of hydrogen-bond acceptors (Lipinski definition) is 2. The van der Waals surface area contributed by atoms with Gasteiger partial charge in [0.2, 0.25) is 5.91 Å². The molecule has 1 aliphatic carbocycles. The molecule has 3 rings (SSSR count). The summed E-state index contributed by atoms with van der Waals surface area (Å²) in [5, 5.41) is 3.37. The average molecular weight is 286 g/mol. The maximum atomic E-state index is 12.2. The second kappa shape index (κ2) is 6.18. The van der Waals surface area contributed by atoms with Crippen LogP contribution in [0, 0.1) is 0 Å². The van der Waals surface area contributed by atoms with Gasteiger partial charge in [0.15, 0.2) is 0 Å². The van der Waals surface area contributed by atoms with Gasteiger partial charge in [0.1, 0.15) is 0 Å². The third kappa shape index (κ3) is 3.13. The normalized spacial score (nSPS) is 26.2. The molecule has 3 heteroatoms. The Bertz CT molecular complexity index is 508. The van der Waals surface area contributed by atoms with Crippen LogP contribution in [0.2, 0.25) is 0 Å². The fourth-order valence-corrected chi connectivity index (χ4v) is 3.53. The van der Waals surface area contributed by atoms with E-state index in [9.17, 15) is 4.79 Å². The van der Waals surface area contributed by atoms with Crippen LogP contribution in [0.25, 0.3) is 0 Å². The van der Waals surface area contributed by atoms with E-state index in [1.807, 2.05) is 14.1 Å². The lowest BCUT2D eigenvalue weighted by molar-refractivity contribution is -0.131. The number of rotatable bonds is 3. The van der Waals surface area contributed by atoms with Crippen molar-refractivity contribution in [3.8, 4) is 0 Å². The number of carbonyl (C=O) groups excluding carboxylic acids is 1. The number of carbonyl (C=O) groups is 1. The van der Waals surface area contributed by atoms with E-state index in [4.69, 9.17) is 0 Å². The number of benzene rings is 1. The monoisotopic (exact) mass is 286 g/mol. The quantitative estimate of drug-likeness (QED) is 0.926. The smallest absolute Gasteiger partial charge is 0.239 e. The SMILES string of the molecule is CN(C)C(=O)C1CC(c2cccc(C3CCC3)c2)CCN1. The Labute approximate surface area is 127 Å². The summed E-state index contributed by atoms with van der Waals surface area (Å²) >= 11 is 0. The van der Waals surface area contributed by atoms with Crippen molar-refractivity contribution >= 4 is 5.91 Å². The number of hydrogen-bond donors (Lipinski definition) is 1. The lowest BCUT2D eigenvalue weighted by atomic mass is 9.78. The average Bonchev–Trinajstić information content (AvgIpc) is 2.45. The standard InChI is InChI=1S/C18H26N2O/c1-20(2)18(21)17-12-16(9-10-19-17)15-8-4-7-14(11-15)13-5-3-6-13/h4,7-8,11,13,16-17,19H,3,5-6,9-10,12H2,1-2H3. The first-order chi connectivity index (χ1) is 10.1. The predicted octanol–water partition coefficient (Wildman–Crippen LogP) is 2.88. The lowest BCUT2D eigenvalue weighted by Crippen LogP contribution is -2.47. The molecule has 1 N–H and O–H groups in total. The van der Waals surface area contributed by atoms with Crippen molar-refractivity contribution in [2.75, 3.05) is 20.6 Å². The molecule has 2 atom stereocenters. The molecule has 114 valence electrons. The van der Waals surface area contributed by atoms with Gasteiger partial charge >= 0.3 is 0 Å². The van der Waals surface area contributed by atoms with E-state index in [-0.39, 0.29) is 11.9 Å². The number of piperidine rings is 1. The van der Waals surface area contributed by atoms with Crippen LogP contribution in [0.4, 0.5) is 0 Å². The number of nitrogens with zero attached hydrogens (tertiary/aromatic N) is 1. The van der Waals surface area contributed by atoms with Crippen molar-refractivity contribution in [2.45, 2.75) is 50.0 Å². The van der Waals surface area contributed by atoms with E-state index in [1.54, 1.807) is 4.90 Å². The van der Waals surface area contributed by atoms with Crippen LogP contribution < -0.4 is 5.32 Å². The summed E-state index contributed by atoms with van der Waals surface area (Å²) in [5.74, 6) is 1.50. The summed E-state index contributed by atoms with van der Waals surface area (Å²) in [6.07, 6.45) is 6.12. The summed E-state index contributed by atoms with van der Waals surface area (Å²) in [4.78, 5) is 13.9. The van der Waals surface area contributed by atoms with Gasteiger partial charge in [-0.15, -0.1) is 0 Å². The van der Waals surface area contributed by atoms with Gasteiger partial charge in [-0.1, -0.05) is 30.7 Å². The van der Waals surface area contributed by atoms with E-state index in [2.05, 4.69) is 29.6 Å². The number of amides is 1. The Balaban J connectivity index is 1.72. The summed E-state index contributed by atoms with van der Waals surface area (Å²) in [6.45, 7) is 0.933. The van der Waals surface area contributed by atoms with Gasteiger partial charge in [-0.2, -0.15) is 0 Å². The molecule has 1 amide bonds. The van der Waals surface area contributed by atoms with Crippen molar-refractivity contribution < 1.29 is 4.79 Å². The van der Waals surface area contributed by atoms with Crippen LogP contribution in [0.1, 0.15) is 55.1 Å². The number of likely N-dealkylation sites (N-methyl/N-ethyl adjacent to an activating group) is 1. The molecule has 1 aromatic rings. The van der Waals surface area contributed by atoms with Crippen molar-refractivity contribution in [1.29, 1.82) is 0 Å². The fourth-order valence-electron chi connectivity index (χ4n) is 3.53. The molecule has 1 saturated carbocycles. The third-order valence-electron chi connectivity index (χ3n) is 5.10. The maximum absolute atomic E-state index is 12.2. The number of nitrogens with one attached hydrogen (secondary N) is 1. The molecule has 2 aliphatic rings. The molecule has 3 nitrogen and oxygen atoms in total. The molecule has 1 heterocycles. The van der Waals surface area contributed by atoms with Crippen LogP contribution in [0.3, 0.4) is 0 Å². The highest BCUT2D eigenvalue weighted by atomic mass is 16.2. The molecule has 2 fully saturated rings. The highest BCUT2D eigenvalue weighted by Gasteiger charge is 2.29. The highest BCUT2D eigenvalue weighted by Crippen LogP contribution is 2.38.